The first kappa shape index (κ1) is 16.5. The Morgan fingerprint density at radius 3 is 2.76 bits per heavy atom. The molecule has 2 heterocycles. The van der Waals surface area contributed by atoms with Gasteiger partial charge in [0.15, 0.2) is 0 Å². The zero-order valence-electron chi connectivity index (χ0n) is 14.1. The van der Waals surface area contributed by atoms with Gasteiger partial charge in [0.1, 0.15) is 0 Å². The smallest absolute Gasteiger partial charge is 0.253 e. The Hall–Kier alpha value is -1.99. The molecule has 1 saturated carbocycles. The zero-order chi connectivity index (χ0) is 17.7. The topological polar surface area (TPSA) is 79.4 Å². The van der Waals surface area contributed by atoms with Crippen LogP contribution in [0.2, 0.25) is 0 Å². The van der Waals surface area contributed by atoms with Crippen LogP contribution < -0.4 is 4.72 Å². The van der Waals surface area contributed by atoms with E-state index in [9.17, 15) is 13.2 Å². The second-order valence-corrected chi connectivity index (χ2v) is 8.99. The molecule has 4 rings (SSSR count). The van der Waals surface area contributed by atoms with E-state index >= 15 is 0 Å². The third-order valence-corrected chi connectivity index (χ3v) is 6.16. The summed E-state index contributed by atoms with van der Waals surface area (Å²) in [5.74, 6) is 0.0360. The van der Waals surface area contributed by atoms with E-state index < -0.39 is 10.0 Å². The molecule has 7 heteroatoms. The number of benzene rings is 1. The first-order chi connectivity index (χ1) is 11.9. The Morgan fingerprint density at radius 2 is 2.04 bits per heavy atom. The average Bonchev–Trinajstić information content (AvgIpc) is 3.23. The van der Waals surface area contributed by atoms with Crippen molar-refractivity contribution >= 4 is 26.8 Å². The Morgan fingerprint density at radius 1 is 1.28 bits per heavy atom. The summed E-state index contributed by atoms with van der Waals surface area (Å²) in [6.07, 6.45) is 5.52. The lowest BCUT2D eigenvalue weighted by Crippen LogP contribution is -2.41. The third-order valence-electron chi connectivity index (χ3n) is 5.44. The molecule has 132 valence electrons. The van der Waals surface area contributed by atoms with Gasteiger partial charge in [0.2, 0.25) is 10.0 Å². The van der Waals surface area contributed by atoms with Gasteiger partial charge in [0.05, 0.1) is 11.8 Å². The maximum absolute atomic E-state index is 12.8. The van der Waals surface area contributed by atoms with E-state index in [0.717, 1.165) is 30.2 Å². The normalized spacial score (nSPS) is 22.3. The number of amides is 1. The number of rotatable bonds is 3. The van der Waals surface area contributed by atoms with E-state index in [1.807, 2.05) is 35.2 Å². The summed E-state index contributed by atoms with van der Waals surface area (Å²) in [7, 11) is -3.17. The molecule has 1 atom stereocenters. The number of carbonyl (C=O) groups is 1. The van der Waals surface area contributed by atoms with Crippen LogP contribution in [0.3, 0.4) is 0 Å². The van der Waals surface area contributed by atoms with Crippen molar-refractivity contribution in [2.45, 2.75) is 25.3 Å². The van der Waals surface area contributed by atoms with Gasteiger partial charge in [-0.3, -0.25) is 9.78 Å². The van der Waals surface area contributed by atoms with E-state index in [2.05, 4.69) is 9.71 Å². The molecule has 1 unspecified atom stereocenters. The fraction of sp³-hybridized carbons (Fsp3) is 0.444. The molecular weight excluding hydrogens is 338 g/mol. The molecule has 1 aliphatic heterocycles. The van der Waals surface area contributed by atoms with Crippen LogP contribution in [-0.4, -0.2) is 49.6 Å². The lowest BCUT2D eigenvalue weighted by molar-refractivity contribution is 0.0674. The minimum atomic E-state index is -3.17. The molecule has 1 saturated heterocycles. The number of hydrogen-bond acceptors (Lipinski definition) is 4. The van der Waals surface area contributed by atoms with Crippen LogP contribution in [0.4, 0.5) is 0 Å². The van der Waals surface area contributed by atoms with E-state index in [-0.39, 0.29) is 17.4 Å². The highest BCUT2D eigenvalue weighted by molar-refractivity contribution is 7.88. The predicted octanol–water partition coefficient (Wildman–Crippen LogP) is 1.78. The highest BCUT2D eigenvalue weighted by Crippen LogP contribution is 2.54. The molecule has 2 aromatic rings. The quantitative estimate of drug-likeness (QED) is 0.906. The van der Waals surface area contributed by atoms with Crippen LogP contribution in [-0.2, 0) is 10.0 Å². The third kappa shape index (κ3) is 3.26. The number of likely N-dealkylation sites (tertiary alicyclic amines) is 1. The van der Waals surface area contributed by atoms with Gasteiger partial charge >= 0.3 is 0 Å². The van der Waals surface area contributed by atoms with Crippen LogP contribution in [0.15, 0.2) is 36.5 Å². The maximum atomic E-state index is 12.8. The summed E-state index contributed by atoms with van der Waals surface area (Å²) in [4.78, 5) is 18.9. The summed E-state index contributed by atoms with van der Waals surface area (Å²) in [5.41, 5.74) is 1.61. The molecule has 2 fully saturated rings. The van der Waals surface area contributed by atoms with Crippen molar-refractivity contribution in [2.75, 3.05) is 19.3 Å². The van der Waals surface area contributed by atoms with Gasteiger partial charge in [-0.25, -0.2) is 13.1 Å². The number of pyridine rings is 1. The van der Waals surface area contributed by atoms with Crippen molar-refractivity contribution in [2.24, 2.45) is 5.41 Å². The zero-order valence-corrected chi connectivity index (χ0v) is 14.9. The van der Waals surface area contributed by atoms with Crippen LogP contribution in [0.25, 0.3) is 10.9 Å². The number of piperidine rings is 1. The van der Waals surface area contributed by atoms with Crippen molar-refractivity contribution in [3.8, 4) is 0 Å². The van der Waals surface area contributed by atoms with Crippen LogP contribution in [0, 0.1) is 5.41 Å². The lowest BCUT2D eigenvalue weighted by Gasteiger charge is -2.33. The van der Waals surface area contributed by atoms with E-state index in [1.165, 1.54) is 6.26 Å². The molecule has 0 radical (unpaired) electrons. The highest BCUT2D eigenvalue weighted by Gasteiger charge is 2.56. The maximum Gasteiger partial charge on any atom is 0.253 e. The molecule has 1 amide bonds. The SMILES string of the molecule is CS(=O)(=O)NC1CC12CCN(C(=O)c1ccc3ncccc3c1)CC2. The number of fused-ring (bicyclic) bond motifs is 1. The number of nitrogens with one attached hydrogen (secondary N) is 1. The second-order valence-electron chi connectivity index (χ2n) is 7.21. The molecule has 1 aromatic carbocycles. The summed E-state index contributed by atoms with van der Waals surface area (Å²) in [5, 5.41) is 0.960. The second kappa shape index (κ2) is 5.78. The van der Waals surface area contributed by atoms with Crippen molar-refractivity contribution in [1.82, 2.24) is 14.6 Å². The van der Waals surface area contributed by atoms with Crippen LogP contribution >= 0.6 is 0 Å². The van der Waals surface area contributed by atoms with Gasteiger partial charge in [-0.1, -0.05) is 6.07 Å². The predicted molar refractivity (Wildman–Crippen MR) is 95.7 cm³/mol. The van der Waals surface area contributed by atoms with Crippen molar-refractivity contribution in [1.29, 1.82) is 0 Å². The first-order valence-electron chi connectivity index (χ1n) is 8.48. The standard InChI is InChI=1S/C18H21N3O3S/c1-25(23,24)20-16-12-18(16)6-9-21(10-7-18)17(22)14-4-5-15-13(11-14)3-2-8-19-15/h2-5,8,11,16,20H,6-7,9-10,12H2,1H3. The fourth-order valence-electron chi connectivity index (χ4n) is 3.87. The molecule has 2 aliphatic rings. The average molecular weight is 359 g/mol. The van der Waals surface area contributed by atoms with Crippen molar-refractivity contribution < 1.29 is 13.2 Å². The minimum Gasteiger partial charge on any atom is -0.339 e. The number of aromatic nitrogens is 1. The van der Waals surface area contributed by atoms with E-state index in [4.69, 9.17) is 0 Å². The van der Waals surface area contributed by atoms with Gasteiger partial charge in [-0.05, 0) is 48.9 Å². The molecule has 1 aliphatic carbocycles. The Bertz CT molecular complexity index is 933. The number of hydrogen-bond donors (Lipinski definition) is 1. The molecule has 25 heavy (non-hydrogen) atoms. The van der Waals surface area contributed by atoms with Crippen LogP contribution in [0.5, 0.6) is 0 Å². The molecule has 1 N–H and O–H groups in total. The van der Waals surface area contributed by atoms with Crippen molar-refractivity contribution in [3.05, 3.63) is 42.1 Å². The van der Waals surface area contributed by atoms with Gasteiger partial charge < -0.3 is 4.90 Å². The fourth-order valence-corrected chi connectivity index (χ4v) is 4.72. The molecule has 0 bridgehead atoms. The largest absolute Gasteiger partial charge is 0.339 e. The summed E-state index contributed by atoms with van der Waals surface area (Å²) >= 11 is 0. The monoisotopic (exact) mass is 359 g/mol. The van der Waals surface area contributed by atoms with Gasteiger partial charge in [0.25, 0.3) is 5.91 Å². The molecule has 6 nitrogen and oxygen atoms in total. The van der Waals surface area contributed by atoms with E-state index in [1.54, 1.807) is 6.20 Å². The van der Waals surface area contributed by atoms with Gasteiger partial charge in [-0.15, -0.1) is 0 Å². The minimum absolute atomic E-state index is 0.0338. The number of nitrogens with zero attached hydrogens (tertiary/aromatic N) is 2. The lowest BCUT2D eigenvalue weighted by atomic mass is 9.92. The number of sulfonamides is 1. The summed E-state index contributed by atoms with van der Waals surface area (Å²) < 4.78 is 25.5. The Balaban J connectivity index is 1.43. The van der Waals surface area contributed by atoms with E-state index in [0.29, 0.717) is 18.7 Å². The van der Waals surface area contributed by atoms with Crippen LogP contribution in [0.1, 0.15) is 29.6 Å². The van der Waals surface area contributed by atoms with Crippen molar-refractivity contribution in [3.63, 3.8) is 0 Å². The molecular formula is C18H21N3O3S. The Kier molecular flexibility index (Phi) is 3.81. The Labute approximate surface area is 147 Å². The summed E-state index contributed by atoms with van der Waals surface area (Å²) in [6.45, 7) is 1.34. The molecule has 1 spiro atoms. The van der Waals surface area contributed by atoms with Gasteiger partial charge in [-0.2, -0.15) is 0 Å². The highest BCUT2D eigenvalue weighted by atomic mass is 32.2. The molecule has 1 aromatic heterocycles. The first-order valence-corrected chi connectivity index (χ1v) is 10.4. The number of carbonyl (C=O) groups excluding carboxylic acids is 1. The summed E-state index contributed by atoms with van der Waals surface area (Å²) in [6, 6.07) is 9.44. The van der Waals surface area contributed by atoms with Gasteiger partial charge in [0, 0.05) is 36.3 Å².